The highest BCUT2D eigenvalue weighted by Crippen LogP contribution is 2.41. The third-order valence-corrected chi connectivity index (χ3v) is 16.3. The van der Waals surface area contributed by atoms with Crippen LogP contribution in [0.3, 0.4) is 0 Å². The molecule has 444 valence electrons. The lowest BCUT2D eigenvalue weighted by Crippen LogP contribution is -2.61. The highest BCUT2D eigenvalue weighted by molar-refractivity contribution is 5.73. The summed E-state index contributed by atoms with van der Waals surface area (Å²) in [7, 11) is 6.80. The van der Waals surface area contributed by atoms with Gasteiger partial charge in [-0.2, -0.15) is 0 Å². The molecule has 4 fully saturated rings. The van der Waals surface area contributed by atoms with Crippen LogP contribution in [0.15, 0.2) is 20.9 Å². The van der Waals surface area contributed by atoms with Gasteiger partial charge in [0.2, 0.25) is 0 Å². The highest BCUT2D eigenvalue weighted by atomic mass is 16.7. The number of likely N-dealkylation sites (N-methyl/N-ethyl adjacent to an activating group) is 2. The topological polar surface area (TPSA) is 346 Å². The van der Waals surface area contributed by atoms with E-state index in [1.807, 2.05) is 32.8 Å². The Labute approximate surface area is 455 Å². The largest absolute Gasteiger partial charge is 0.463 e. The van der Waals surface area contributed by atoms with Crippen molar-refractivity contribution in [2.24, 2.45) is 22.9 Å². The van der Waals surface area contributed by atoms with Crippen molar-refractivity contribution in [3.8, 4) is 0 Å². The van der Waals surface area contributed by atoms with Crippen molar-refractivity contribution in [2.75, 3.05) is 48.0 Å². The Morgan fingerprint density at radius 2 is 1.62 bits per heavy atom. The Morgan fingerprint density at radius 3 is 2.24 bits per heavy atom. The molecule has 4 aliphatic heterocycles. The fourth-order valence-corrected chi connectivity index (χ4v) is 11.4. The molecule has 21 atom stereocenters. The zero-order valence-corrected chi connectivity index (χ0v) is 47.7. The summed E-state index contributed by atoms with van der Waals surface area (Å²) < 4.78 is 56.9. The normalized spacial score (nSPS) is 40.5. The van der Waals surface area contributed by atoms with Crippen LogP contribution in [-0.4, -0.2) is 213 Å². The maximum absolute atomic E-state index is 14.5. The molecule has 0 aliphatic carbocycles. The summed E-state index contributed by atoms with van der Waals surface area (Å²) in [5.74, 6) is -4.87. The summed E-state index contributed by atoms with van der Waals surface area (Å²) in [4.78, 5) is 74.6. The van der Waals surface area contributed by atoms with Gasteiger partial charge in [0.05, 0.1) is 60.2 Å². The predicted molar refractivity (Wildman–Crippen MR) is 277 cm³/mol. The van der Waals surface area contributed by atoms with Gasteiger partial charge in [0.15, 0.2) is 24.8 Å². The van der Waals surface area contributed by atoms with E-state index in [4.69, 9.17) is 42.6 Å². The first-order valence-electron chi connectivity index (χ1n) is 26.9. The molecule has 26 nitrogen and oxygen atoms in total. The van der Waals surface area contributed by atoms with E-state index in [0.717, 1.165) is 0 Å². The van der Waals surface area contributed by atoms with Crippen LogP contribution >= 0.6 is 0 Å². The standard InChI is InChI=1S/C52H87N7O19/c1-26-20-50(8,68)45(29(4)41(77-40-21-51(9,70-14)44(64)32(7)73-40)30(5)47(66)75-36(24-60)52(10,69)43(63)31(6)58(13)22-26)78-48-42(34(57(11)12)18-28(3)72-48)76-39(62)17-15-16-38(61)71-25-35-33(55-56-53)19-37(74-35)59-23-27(2)46(65)54-49(59)67/h23,26,28-37,40-45,48,60,63-64,68-69H,15-22,24-25H2,1-14H3,(H,54,65,67)/t26-,28-,29+,30-,31-,32+,33-,34+,35+,36-,37+,40+,41+,42-,43-,44+,45-,48+,50-,51-,52-/m1/s1. The Kier molecular flexibility index (Phi) is 22.5. The van der Waals surface area contributed by atoms with Crippen LogP contribution in [0.5, 0.6) is 0 Å². The van der Waals surface area contributed by atoms with Gasteiger partial charge in [-0.15, -0.1) is 0 Å². The lowest BCUT2D eigenvalue weighted by Gasteiger charge is -2.49. The van der Waals surface area contributed by atoms with E-state index < -0.39 is 156 Å². The van der Waals surface area contributed by atoms with E-state index in [1.54, 1.807) is 46.6 Å². The molecule has 0 radical (unpaired) electrons. The molecule has 5 rings (SSSR count). The number of H-pyrrole nitrogens is 1. The second kappa shape index (κ2) is 27.1. The van der Waals surface area contributed by atoms with E-state index in [2.05, 4.69) is 15.0 Å². The molecule has 1 aromatic rings. The predicted octanol–water partition coefficient (Wildman–Crippen LogP) is 1.57. The Hall–Kier alpha value is -4.12. The van der Waals surface area contributed by atoms with Crippen molar-refractivity contribution in [3.63, 3.8) is 0 Å². The van der Waals surface area contributed by atoms with Crippen LogP contribution < -0.4 is 11.2 Å². The van der Waals surface area contributed by atoms with Crippen LogP contribution in [0.2, 0.25) is 0 Å². The van der Waals surface area contributed by atoms with Gasteiger partial charge >= 0.3 is 23.6 Å². The Bertz CT molecular complexity index is 2350. The summed E-state index contributed by atoms with van der Waals surface area (Å²) >= 11 is 0. The average molecular weight is 1110 g/mol. The van der Waals surface area contributed by atoms with E-state index in [1.165, 1.54) is 38.6 Å². The Balaban J connectivity index is 1.41. The minimum Gasteiger partial charge on any atom is -0.463 e. The van der Waals surface area contributed by atoms with Crippen molar-refractivity contribution >= 4 is 17.9 Å². The molecule has 0 unspecified atom stereocenters. The number of carbonyl (C=O) groups is 3. The summed E-state index contributed by atoms with van der Waals surface area (Å²) in [6.07, 6.45) is -12.0. The number of azide groups is 1. The number of esters is 3. The summed E-state index contributed by atoms with van der Waals surface area (Å²) in [6.45, 7) is 15.5. The van der Waals surface area contributed by atoms with Crippen LogP contribution in [-0.2, 0) is 57.0 Å². The molecule has 4 aliphatic rings. The van der Waals surface area contributed by atoms with Gasteiger partial charge in [-0.25, -0.2) is 4.79 Å². The van der Waals surface area contributed by atoms with Gasteiger partial charge in [0.25, 0.3) is 5.56 Å². The number of nitrogens with one attached hydrogen (secondary N) is 1. The van der Waals surface area contributed by atoms with Gasteiger partial charge in [-0.05, 0) is 107 Å². The van der Waals surface area contributed by atoms with E-state index in [-0.39, 0.29) is 63.2 Å². The molecular weight excluding hydrogens is 1030 g/mol. The fourth-order valence-electron chi connectivity index (χ4n) is 11.4. The van der Waals surface area contributed by atoms with Gasteiger partial charge in [0.1, 0.15) is 36.7 Å². The molecule has 0 aromatic carbocycles. The zero-order chi connectivity index (χ0) is 58.4. The molecule has 78 heavy (non-hydrogen) atoms. The van der Waals surface area contributed by atoms with E-state index in [9.17, 15) is 55.0 Å². The average Bonchev–Trinajstić information content (AvgIpc) is 3.80. The fraction of sp³-hybridized carbons (Fsp3) is 0.865. The van der Waals surface area contributed by atoms with E-state index >= 15 is 0 Å². The number of hydrogen-bond donors (Lipinski definition) is 6. The molecule has 4 saturated heterocycles. The minimum atomic E-state index is -2.14. The van der Waals surface area contributed by atoms with Gasteiger partial charge in [0, 0.05) is 68.0 Å². The van der Waals surface area contributed by atoms with Crippen molar-refractivity contribution in [1.82, 2.24) is 19.4 Å². The number of methoxy groups -OCH3 is 1. The SMILES string of the molecule is CO[C@]1(C)C[C@H](O[C@H]2[C@H](C)[C@@H](O[C@@H]3O[C@H](C)C[C@H](N(C)C)[C@H]3OC(=O)CCCC(=O)OC[C@@H]3O[C@H](n4cc(C)c(=O)[nH]c4=O)C[C@H]3N=[N+]=[N-])[C@](C)(O)C[C@@H](C)CN(C)[C@H](C)[C@@H](O)[C@](C)(O)[C@@H](CO)OC(=O)[C@@H]2C)O[C@@H](C)[C@@H]1O. The number of ether oxygens (including phenoxy) is 9. The van der Waals surface area contributed by atoms with Gasteiger partial charge < -0.3 is 78.0 Å². The molecule has 0 bridgehead atoms. The smallest absolute Gasteiger partial charge is 0.330 e. The van der Waals surface area contributed by atoms with Crippen molar-refractivity contribution in [3.05, 3.63) is 43.0 Å². The quantitative estimate of drug-likeness (QED) is 0.0450. The maximum atomic E-state index is 14.5. The second-order valence-corrected chi connectivity index (χ2v) is 23.1. The molecule has 1 aromatic heterocycles. The number of cyclic esters (lactones) is 1. The van der Waals surface area contributed by atoms with Gasteiger partial charge in [-0.1, -0.05) is 19.0 Å². The first-order valence-corrected chi connectivity index (χ1v) is 26.9. The minimum absolute atomic E-state index is 0.00279. The lowest BCUT2D eigenvalue weighted by molar-refractivity contribution is -0.319. The van der Waals surface area contributed by atoms with E-state index in [0.29, 0.717) is 6.42 Å². The number of aryl methyl sites for hydroxylation is 1. The van der Waals surface area contributed by atoms with Crippen molar-refractivity contribution in [1.29, 1.82) is 0 Å². The number of rotatable bonds is 16. The monoisotopic (exact) mass is 1110 g/mol. The summed E-state index contributed by atoms with van der Waals surface area (Å²) in [5, 5.41) is 61.7. The van der Waals surface area contributed by atoms with Crippen molar-refractivity contribution in [2.45, 2.75) is 223 Å². The third kappa shape index (κ3) is 15.5. The summed E-state index contributed by atoms with van der Waals surface area (Å²) in [5.41, 5.74) is 3.11. The lowest BCUT2D eigenvalue weighted by atomic mass is 9.77. The van der Waals surface area contributed by atoms with Crippen molar-refractivity contribution < 1.29 is 82.5 Å². The molecule has 0 amide bonds. The number of nitrogens with zero attached hydrogens (tertiary/aromatic N) is 6. The summed E-state index contributed by atoms with van der Waals surface area (Å²) in [6, 6.07) is -2.05. The van der Waals surface area contributed by atoms with Crippen LogP contribution in [0, 0.1) is 24.7 Å². The van der Waals surface area contributed by atoms with Crippen LogP contribution in [0.4, 0.5) is 0 Å². The highest BCUT2D eigenvalue weighted by Gasteiger charge is 2.53. The molecule has 6 N–H and O–H groups in total. The number of aromatic nitrogens is 2. The first-order chi connectivity index (χ1) is 36.4. The number of aromatic amines is 1. The number of hydrogen-bond acceptors (Lipinski definition) is 22. The zero-order valence-electron chi connectivity index (χ0n) is 47.7. The molecule has 26 heteroatoms. The number of carbonyl (C=O) groups excluding carboxylic acids is 3. The van der Waals surface area contributed by atoms with Crippen LogP contribution in [0.25, 0.3) is 10.4 Å². The maximum Gasteiger partial charge on any atom is 0.330 e. The van der Waals surface area contributed by atoms with Crippen LogP contribution in [0.1, 0.15) is 119 Å². The molecule has 0 spiro atoms. The molecular formula is C52H87N7O19. The molecule has 5 heterocycles. The van der Waals surface area contributed by atoms with Gasteiger partial charge in [-0.3, -0.25) is 28.7 Å². The third-order valence-electron chi connectivity index (χ3n) is 16.3. The second-order valence-electron chi connectivity index (χ2n) is 23.1. The first kappa shape index (κ1) is 64.7. The molecule has 0 saturated carbocycles. The number of aliphatic hydroxyl groups excluding tert-OH is 3. The Morgan fingerprint density at radius 1 is 0.949 bits per heavy atom. The number of aliphatic hydroxyl groups is 5.